The Hall–Kier alpha value is -1.39. The van der Waals surface area contributed by atoms with Gasteiger partial charge in [-0.1, -0.05) is 0 Å². The van der Waals surface area contributed by atoms with E-state index in [1.165, 1.54) is 0 Å². The lowest BCUT2D eigenvalue weighted by Gasteiger charge is -2.27. The fourth-order valence-electron chi connectivity index (χ4n) is 1.91. The van der Waals surface area contributed by atoms with Crippen LogP contribution in [-0.4, -0.2) is 58.7 Å². The van der Waals surface area contributed by atoms with E-state index in [9.17, 15) is 18.0 Å². The second-order valence-electron chi connectivity index (χ2n) is 3.51. The van der Waals surface area contributed by atoms with Crippen molar-refractivity contribution in [3.63, 3.8) is 0 Å². The topological polar surface area (TPSA) is 124 Å². The van der Waals surface area contributed by atoms with Gasteiger partial charge in [0.15, 0.2) is 0 Å². The van der Waals surface area contributed by atoms with E-state index in [4.69, 9.17) is 9.66 Å². The molecule has 0 aromatic rings. The molecule has 0 spiro atoms. The summed E-state index contributed by atoms with van der Waals surface area (Å²) < 4.78 is 33.3. The molecule has 90 valence electrons. The van der Waals surface area contributed by atoms with Gasteiger partial charge in [-0.2, -0.15) is 13.5 Å². The van der Waals surface area contributed by atoms with Crippen LogP contribution in [0.4, 0.5) is 4.79 Å². The molecule has 2 unspecified atom stereocenters. The number of carboxylic acid groups (broad SMARTS) is 1. The maximum atomic E-state index is 11.4. The van der Waals surface area contributed by atoms with Crippen molar-refractivity contribution in [3.05, 3.63) is 0 Å². The monoisotopic (exact) mass is 252 g/mol. The summed E-state index contributed by atoms with van der Waals surface area (Å²) in [6.45, 7) is 0.0747. The Balaban J connectivity index is 2.15. The first-order valence-electron chi connectivity index (χ1n) is 4.29. The fourth-order valence-corrected chi connectivity index (χ4v) is 2.29. The lowest BCUT2D eigenvalue weighted by atomic mass is 10.1. The van der Waals surface area contributed by atoms with Crippen molar-refractivity contribution in [3.8, 4) is 0 Å². The molecule has 2 aliphatic rings. The Labute approximate surface area is 90.1 Å². The van der Waals surface area contributed by atoms with E-state index in [-0.39, 0.29) is 13.0 Å². The van der Waals surface area contributed by atoms with Crippen molar-refractivity contribution in [1.82, 2.24) is 9.96 Å². The number of fused-ring (bicyclic) bond motifs is 2. The Kier molecular flexibility index (Phi) is 2.29. The summed E-state index contributed by atoms with van der Waals surface area (Å²) in [4.78, 5) is 23.1. The Morgan fingerprint density at radius 2 is 2.12 bits per heavy atom. The van der Waals surface area contributed by atoms with E-state index < -0.39 is 34.5 Å². The quantitative estimate of drug-likeness (QED) is 0.597. The normalized spacial score (nSPS) is 28.9. The van der Waals surface area contributed by atoms with Gasteiger partial charge >= 0.3 is 22.4 Å². The first-order chi connectivity index (χ1) is 7.29. The largest absolute Gasteiger partial charge is 0.480 e. The average molecular weight is 252 g/mol. The van der Waals surface area contributed by atoms with Crippen molar-refractivity contribution in [2.24, 2.45) is 0 Å². The highest BCUT2D eigenvalue weighted by Crippen LogP contribution is 2.32. The average Bonchev–Trinajstić information content (AvgIpc) is 2.64. The minimum absolute atomic E-state index is 0.0661. The highest BCUT2D eigenvalue weighted by Gasteiger charge is 2.53. The Morgan fingerprint density at radius 1 is 1.50 bits per heavy atom. The molecule has 2 fully saturated rings. The van der Waals surface area contributed by atoms with Crippen LogP contribution in [0.25, 0.3) is 0 Å². The van der Waals surface area contributed by atoms with Crippen LogP contribution < -0.4 is 0 Å². The molecular weight excluding hydrogens is 244 g/mol. The van der Waals surface area contributed by atoms with Crippen LogP contribution >= 0.6 is 0 Å². The third kappa shape index (κ3) is 1.70. The summed E-state index contributed by atoms with van der Waals surface area (Å²) in [7, 11) is -4.77. The molecular formula is C6H8N2O7S. The van der Waals surface area contributed by atoms with Crippen LogP contribution in [0.1, 0.15) is 6.42 Å². The van der Waals surface area contributed by atoms with Crippen LogP contribution in [0, 0.1) is 0 Å². The molecule has 2 atom stereocenters. The van der Waals surface area contributed by atoms with Crippen molar-refractivity contribution >= 4 is 22.4 Å². The third-order valence-corrected chi connectivity index (χ3v) is 2.85. The van der Waals surface area contributed by atoms with E-state index in [1.54, 1.807) is 0 Å². The molecule has 2 saturated heterocycles. The van der Waals surface area contributed by atoms with Gasteiger partial charge in [-0.3, -0.25) is 4.55 Å². The molecule has 2 bridgehead atoms. The second-order valence-corrected chi connectivity index (χ2v) is 4.51. The van der Waals surface area contributed by atoms with E-state index >= 15 is 0 Å². The highest BCUT2D eigenvalue weighted by atomic mass is 32.3. The molecule has 0 aliphatic carbocycles. The molecule has 2 rings (SSSR count). The molecule has 0 saturated carbocycles. The maximum absolute atomic E-state index is 11.4. The van der Waals surface area contributed by atoms with Crippen LogP contribution in [0.3, 0.4) is 0 Å². The minimum atomic E-state index is -4.77. The van der Waals surface area contributed by atoms with Gasteiger partial charge in [0.1, 0.15) is 6.04 Å². The number of rotatable bonds is 3. The molecule has 2 N–H and O–H groups in total. The van der Waals surface area contributed by atoms with E-state index in [0.717, 1.165) is 4.90 Å². The van der Waals surface area contributed by atoms with Crippen molar-refractivity contribution in [2.75, 3.05) is 6.54 Å². The van der Waals surface area contributed by atoms with E-state index in [2.05, 4.69) is 4.28 Å². The maximum Gasteiger partial charge on any atom is 0.418 e. The van der Waals surface area contributed by atoms with Gasteiger partial charge in [-0.05, 0) is 0 Å². The Bertz CT molecular complexity index is 446. The van der Waals surface area contributed by atoms with Gasteiger partial charge in [0.05, 0.1) is 6.04 Å². The number of carbonyl (C=O) groups excluding carboxylic acids is 1. The van der Waals surface area contributed by atoms with Crippen LogP contribution in [0.2, 0.25) is 0 Å². The summed E-state index contributed by atoms with van der Waals surface area (Å²) in [5.41, 5.74) is 0. The molecule has 10 heteroatoms. The van der Waals surface area contributed by atoms with Crippen LogP contribution in [-0.2, 0) is 19.5 Å². The number of urea groups is 1. The lowest BCUT2D eigenvalue weighted by Crippen LogP contribution is -2.48. The zero-order chi connectivity index (χ0) is 12.1. The molecule has 9 nitrogen and oxygen atoms in total. The first-order valence-corrected chi connectivity index (χ1v) is 5.66. The summed E-state index contributed by atoms with van der Waals surface area (Å²) in [6.07, 6.45) is 0.0661. The first kappa shape index (κ1) is 11.1. The molecule has 0 aromatic carbocycles. The number of carbonyl (C=O) groups is 2. The molecule has 2 aliphatic heterocycles. The number of carboxylic acids is 1. The van der Waals surface area contributed by atoms with E-state index in [1.807, 2.05) is 0 Å². The van der Waals surface area contributed by atoms with Crippen molar-refractivity contribution in [1.29, 1.82) is 0 Å². The van der Waals surface area contributed by atoms with Gasteiger partial charge < -0.3 is 10.0 Å². The van der Waals surface area contributed by atoms with E-state index in [0.29, 0.717) is 5.06 Å². The number of hydrogen-bond donors (Lipinski definition) is 2. The Morgan fingerprint density at radius 3 is 2.56 bits per heavy atom. The summed E-state index contributed by atoms with van der Waals surface area (Å²) in [5.74, 6) is -1.15. The number of hydroxylamine groups is 2. The molecule has 2 heterocycles. The zero-order valence-corrected chi connectivity index (χ0v) is 8.62. The molecule has 0 radical (unpaired) electrons. The predicted octanol–water partition coefficient (Wildman–Crippen LogP) is -1.32. The van der Waals surface area contributed by atoms with Gasteiger partial charge in [-0.15, -0.1) is 4.28 Å². The van der Waals surface area contributed by atoms with Gasteiger partial charge in [0.2, 0.25) is 0 Å². The van der Waals surface area contributed by atoms with Crippen molar-refractivity contribution in [2.45, 2.75) is 18.5 Å². The highest BCUT2D eigenvalue weighted by molar-refractivity contribution is 7.80. The molecule has 2 amide bonds. The summed E-state index contributed by atoms with van der Waals surface area (Å²) >= 11 is 0. The predicted molar refractivity (Wildman–Crippen MR) is 46.4 cm³/mol. The third-order valence-electron chi connectivity index (χ3n) is 2.50. The number of aliphatic carboxylic acids is 1. The fraction of sp³-hybridized carbons (Fsp3) is 0.667. The van der Waals surface area contributed by atoms with Gasteiger partial charge in [0.25, 0.3) is 0 Å². The number of nitrogens with zero attached hydrogens (tertiary/aromatic N) is 2. The second kappa shape index (κ2) is 3.30. The smallest absolute Gasteiger partial charge is 0.418 e. The van der Waals surface area contributed by atoms with Crippen LogP contribution in [0.5, 0.6) is 0 Å². The summed E-state index contributed by atoms with van der Waals surface area (Å²) in [5, 5.41) is 9.23. The summed E-state index contributed by atoms with van der Waals surface area (Å²) in [6, 6.07) is -2.50. The SMILES string of the molecule is O=C(O)C1CC2CN1C(=O)N2OS(=O)(=O)O. The molecule has 0 aromatic heterocycles. The van der Waals surface area contributed by atoms with Crippen LogP contribution in [0.15, 0.2) is 0 Å². The van der Waals surface area contributed by atoms with Gasteiger partial charge in [0, 0.05) is 13.0 Å². The standard InChI is InChI=1S/C6H8N2O7S/c9-5(10)4-1-3-2-7(4)6(11)8(3)15-16(12,13)14/h3-4H,1-2H2,(H,9,10)(H,12,13,14). The number of amides is 2. The minimum Gasteiger partial charge on any atom is -0.480 e. The zero-order valence-electron chi connectivity index (χ0n) is 7.81. The lowest BCUT2D eigenvalue weighted by molar-refractivity contribution is -0.143. The van der Waals surface area contributed by atoms with Gasteiger partial charge in [-0.25, -0.2) is 9.59 Å². The molecule has 16 heavy (non-hydrogen) atoms. The number of hydrogen-bond acceptors (Lipinski definition) is 5. The van der Waals surface area contributed by atoms with Crippen molar-refractivity contribution < 1.29 is 31.9 Å².